The average Bonchev–Trinajstić information content (AvgIpc) is 2.60. The molecule has 128 valence electrons. The molecule has 0 aliphatic heterocycles. The standard InChI is InChI=1S/C19H24N2O3/c1-13(2)8-9-21-19(22)15-10-14(11-20-12-15)18-16(23-3)6-5-7-17(18)24-4/h5-7,10-13H,8-9H2,1-4H3,(H,21,22). The Morgan fingerprint density at radius 3 is 2.42 bits per heavy atom. The maximum Gasteiger partial charge on any atom is 0.252 e. The van der Waals surface area contributed by atoms with Crippen LogP contribution < -0.4 is 14.8 Å². The zero-order chi connectivity index (χ0) is 17.5. The van der Waals surface area contributed by atoms with Gasteiger partial charge < -0.3 is 14.8 Å². The third-order valence-electron chi connectivity index (χ3n) is 3.72. The molecule has 0 saturated heterocycles. The van der Waals surface area contributed by atoms with Crippen LogP contribution in [0.5, 0.6) is 11.5 Å². The van der Waals surface area contributed by atoms with Crippen molar-refractivity contribution in [3.05, 3.63) is 42.2 Å². The number of hydrogen-bond acceptors (Lipinski definition) is 4. The van der Waals surface area contributed by atoms with E-state index < -0.39 is 0 Å². The van der Waals surface area contributed by atoms with Crippen LogP contribution in [0.3, 0.4) is 0 Å². The summed E-state index contributed by atoms with van der Waals surface area (Å²) >= 11 is 0. The summed E-state index contributed by atoms with van der Waals surface area (Å²) in [5.74, 6) is 1.77. The number of ether oxygens (including phenoxy) is 2. The number of amides is 1. The lowest BCUT2D eigenvalue weighted by Gasteiger charge is -2.13. The average molecular weight is 328 g/mol. The summed E-state index contributed by atoms with van der Waals surface area (Å²) < 4.78 is 10.9. The third kappa shape index (κ3) is 4.25. The topological polar surface area (TPSA) is 60.5 Å². The molecular formula is C19H24N2O3. The van der Waals surface area contributed by atoms with Gasteiger partial charge in [-0.05, 0) is 30.5 Å². The lowest BCUT2D eigenvalue weighted by atomic mass is 10.0. The first-order valence-electron chi connectivity index (χ1n) is 8.01. The van der Waals surface area contributed by atoms with E-state index in [0.29, 0.717) is 29.5 Å². The minimum Gasteiger partial charge on any atom is -0.496 e. The highest BCUT2D eigenvalue weighted by molar-refractivity contribution is 5.95. The molecule has 0 radical (unpaired) electrons. The maximum atomic E-state index is 12.3. The Hall–Kier alpha value is -2.56. The van der Waals surface area contributed by atoms with E-state index >= 15 is 0 Å². The molecule has 24 heavy (non-hydrogen) atoms. The Balaban J connectivity index is 2.29. The van der Waals surface area contributed by atoms with Gasteiger partial charge in [0.25, 0.3) is 5.91 Å². The van der Waals surface area contributed by atoms with Crippen LogP contribution in [0, 0.1) is 5.92 Å². The summed E-state index contributed by atoms with van der Waals surface area (Å²) in [7, 11) is 3.21. The zero-order valence-corrected chi connectivity index (χ0v) is 14.6. The summed E-state index contributed by atoms with van der Waals surface area (Å²) in [6, 6.07) is 7.37. The molecule has 1 aromatic carbocycles. The fourth-order valence-electron chi connectivity index (χ4n) is 2.41. The second-order valence-electron chi connectivity index (χ2n) is 5.94. The second kappa shape index (κ2) is 8.34. The molecule has 1 heterocycles. The van der Waals surface area contributed by atoms with Gasteiger partial charge in [0.15, 0.2) is 0 Å². The molecule has 5 nitrogen and oxygen atoms in total. The number of rotatable bonds is 7. The summed E-state index contributed by atoms with van der Waals surface area (Å²) in [5.41, 5.74) is 2.08. The molecule has 1 aromatic heterocycles. The van der Waals surface area contributed by atoms with Crippen molar-refractivity contribution in [2.75, 3.05) is 20.8 Å². The fourth-order valence-corrected chi connectivity index (χ4v) is 2.41. The molecule has 1 N–H and O–H groups in total. The van der Waals surface area contributed by atoms with Crippen molar-refractivity contribution in [1.82, 2.24) is 10.3 Å². The van der Waals surface area contributed by atoms with Crippen molar-refractivity contribution < 1.29 is 14.3 Å². The number of pyridine rings is 1. The van der Waals surface area contributed by atoms with Gasteiger partial charge in [-0.15, -0.1) is 0 Å². The van der Waals surface area contributed by atoms with Crippen molar-refractivity contribution in [2.24, 2.45) is 5.92 Å². The first kappa shape index (κ1) is 17.8. The zero-order valence-electron chi connectivity index (χ0n) is 14.6. The molecule has 2 aromatic rings. The van der Waals surface area contributed by atoms with Crippen molar-refractivity contribution in [1.29, 1.82) is 0 Å². The summed E-state index contributed by atoms with van der Waals surface area (Å²) in [6.07, 6.45) is 4.21. The monoisotopic (exact) mass is 328 g/mol. The van der Waals surface area contributed by atoms with Crippen molar-refractivity contribution in [2.45, 2.75) is 20.3 Å². The van der Waals surface area contributed by atoms with Gasteiger partial charge in [0.1, 0.15) is 11.5 Å². The maximum absolute atomic E-state index is 12.3. The molecule has 0 spiro atoms. The predicted molar refractivity (Wildman–Crippen MR) is 94.6 cm³/mol. The Labute approximate surface area is 143 Å². The summed E-state index contributed by atoms with van der Waals surface area (Å²) in [4.78, 5) is 16.5. The molecule has 0 bridgehead atoms. The van der Waals surface area contributed by atoms with Gasteiger partial charge in [-0.2, -0.15) is 0 Å². The lowest BCUT2D eigenvalue weighted by Crippen LogP contribution is -2.25. The second-order valence-corrected chi connectivity index (χ2v) is 5.94. The molecule has 0 saturated carbocycles. The van der Waals surface area contributed by atoms with E-state index in [4.69, 9.17) is 9.47 Å². The number of nitrogens with one attached hydrogen (secondary N) is 1. The Morgan fingerprint density at radius 2 is 1.83 bits per heavy atom. The number of methoxy groups -OCH3 is 2. The van der Waals surface area contributed by atoms with Crippen molar-refractivity contribution in [3.8, 4) is 22.6 Å². The largest absolute Gasteiger partial charge is 0.496 e. The van der Waals surface area contributed by atoms with Crippen LogP contribution >= 0.6 is 0 Å². The molecule has 0 fully saturated rings. The Morgan fingerprint density at radius 1 is 1.17 bits per heavy atom. The molecule has 1 amide bonds. The third-order valence-corrected chi connectivity index (χ3v) is 3.72. The van der Waals surface area contributed by atoms with E-state index in [1.54, 1.807) is 32.7 Å². The molecule has 0 aliphatic carbocycles. The van der Waals surface area contributed by atoms with E-state index in [2.05, 4.69) is 24.1 Å². The highest BCUT2D eigenvalue weighted by Crippen LogP contribution is 2.38. The van der Waals surface area contributed by atoms with Crippen LogP contribution in [-0.4, -0.2) is 31.7 Å². The minimum atomic E-state index is -0.126. The smallest absolute Gasteiger partial charge is 0.252 e. The summed E-state index contributed by atoms with van der Waals surface area (Å²) in [6.45, 7) is 4.91. The fraction of sp³-hybridized carbons (Fsp3) is 0.368. The van der Waals surface area contributed by atoms with Gasteiger partial charge in [-0.1, -0.05) is 19.9 Å². The van der Waals surface area contributed by atoms with Gasteiger partial charge in [-0.25, -0.2) is 0 Å². The number of carbonyl (C=O) groups is 1. The van der Waals surface area contributed by atoms with E-state index in [1.807, 2.05) is 18.2 Å². The number of aromatic nitrogens is 1. The molecule has 5 heteroatoms. The SMILES string of the molecule is COc1cccc(OC)c1-c1cncc(C(=O)NCCC(C)C)c1. The van der Waals surface area contributed by atoms with Crippen molar-refractivity contribution in [3.63, 3.8) is 0 Å². The number of hydrogen-bond donors (Lipinski definition) is 1. The van der Waals surface area contributed by atoms with E-state index in [1.165, 1.54) is 0 Å². The van der Waals surface area contributed by atoms with Gasteiger partial charge >= 0.3 is 0 Å². The quantitative estimate of drug-likeness (QED) is 0.844. The minimum absolute atomic E-state index is 0.126. The van der Waals surface area contributed by atoms with Gasteiger partial charge in [-0.3, -0.25) is 9.78 Å². The lowest BCUT2D eigenvalue weighted by molar-refractivity contribution is 0.0951. The number of benzene rings is 1. The number of nitrogens with zero attached hydrogens (tertiary/aromatic N) is 1. The summed E-state index contributed by atoms with van der Waals surface area (Å²) in [5, 5.41) is 2.92. The van der Waals surface area contributed by atoms with Crippen LogP contribution in [0.1, 0.15) is 30.6 Å². The van der Waals surface area contributed by atoms with Gasteiger partial charge in [0.05, 0.1) is 25.3 Å². The van der Waals surface area contributed by atoms with Crippen LogP contribution in [-0.2, 0) is 0 Å². The first-order chi connectivity index (χ1) is 11.6. The first-order valence-corrected chi connectivity index (χ1v) is 8.01. The van der Waals surface area contributed by atoms with Gasteiger partial charge in [0.2, 0.25) is 0 Å². The molecule has 0 aliphatic rings. The highest BCUT2D eigenvalue weighted by Gasteiger charge is 2.15. The van der Waals surface area contributed by atoms with Crippen LogP contribution in [0.25, 0.3) is 11.1 Å². The van der Waals surface area contributed by atoms with Crippen LogP contribution in [0.15, 0.2) is 36.7 Å². The Bertz CT molecular complexity index is 677. The molecule has 0 atom stereocenters. The van der Waals surface area contributed by atoms with Crippen molar-refractivity contribution >= 4 is 5.91 Å². The highest BCUT2D eigenvalue weighted by atomic mass is 16.5. The van der Waals surface area contributed by atoms with E-state index in [-0.39, 0.29) is 5.91 Å². The molecular weight excluding hydrogens is 304 g/mol. The molecule has 2 rings (SSSR count). The molecule has 0 unspecified atom stereocenters. The van der Waals surface area contributed by atoms with E-state index in [9.17, 15) is 4.79 Å². The van der Waals surface area contributed by atoms with Crippen LogP contribution in [0.4, 0.5) is 0 Å². The van der Waals surface area contributed by atoms with Crippen LogP contribution in [0.2, 0.25) is 0 Å². The number of carbonyl (C=O) groups excluding carboxylic acids is 1. The Kier molecular flexibility index (Phi) is 6.18. The van der Waals surface area contributed by atoms with E-state index in [0.717, 1.165) is 17.5 Å². The normalized spacial score (nSPS) is 10.5. The van der Waals surface area contributed by atoms with Gasteiger partial charge in [0, 0.05) is 24.5 Å². The predicted octanol–water partition coefficient (Wildman–Crippen LogP) is 3.54.